The fourth-order valence-electron chi connectivity index (χ4n) is 3.80. The molecular weight excluding hydrogens is 362 g/mol. The molecule has 0 radical (unpaired) electrons. The molecular formula is C21H35NO4S. The number of hydrogen-bond acceptors (Lipinski definition) is 5. The standard InChI is InChI=1S/C19H29NO4S.C2H6/c1-4-9-20-10-15(2)16(11-20)12-24-18-7-5-17(6-8-18)19(13-23-14-19)25(3,21)22;1-2/h5-8,15-16H,4,9-14H2,1-3H3;1-2H3. The van der Waals surface area contributed by atoms with Crippen LogP contribution in [0.25, 0.3) is 0 Å². The third kappa shape index (κ3) is 4.84. The molecule has 2 fully saturated rings. The van der Waals surface area contributed by atoms with Gasteiger partial charge in [-0.1, -0.05) is 39.8 Å². The molecule has 154 valence electrons. The van der Waals surface area contributed by atoms with Gasteiger partial charge in [0.2, 0.25) is 0 Å². The summed E-state index contributed by atoms with van der Waals surface area (Å²) in [4.78, 5) is 2.51. The van der Waals surface area contributed by atoms with Crippen LogP contribution in [0, 0.1) is 11.8 Å². The largest absolute Gasteiger partial charge is 0.493 e. The van der Waals surface area contributed by atoms with Crippen LogP contribution in [-0.2, 0) is 19.3 Å². The summed E-state index contributed by atoms with van der Waals surface area (Å²) < 4.78 is 34.5. The maximum Gasteiger partial charge on any atom is 0.161 e. The maximum absolute atomic E-state index is 12.1. The van der Waals surface area contributed by atoms with Crippen molar-refractivity contribution >= 4 is 9.84 Å². The molecule has 0 N–H and O–H groups in total. The van der Waals surface area contributed by atoms with Crippen molar-refractivity contribution in [2.24, 2.45) is 11.8 Å². The molecule has 0 aliphatic carbocycles. The van der Waals surface area contributed by atoms with Gasteiger partial charge >= 0.3 is 0 Å². The van der Waals surface area contributed by atoms with E-state index in [0.29, 0.717) is 18.4 Å². The summed E-state index contributed by atoms with van der Waals surface area (Å²) in [5.74, 6) is 1.99. The summed E-state index contributed by atoms with van der Waals surface area (Å²) in [7, 11) is -3.21. The van der Waals surface area contributed by atoms with Crippen LogP contribution in [0.2, 0.25) is 0 Å². The second kappa shape index (κ2) is 9.39. The number of sulfone groups is 1. The molecule has 0 amide bonds. The van der Waals surface area contributed by atoms with Gasteiger partial charge in [0.05, 0.1) is 19.8 Å². The van der Waals surface area contributed by atoms with E-state index in [4.69, 9.17) is 9.47 Å². The molecule has 6 heteroatoms. The lowest BCUT2D eigenvalue weighted by atomic mass is 9.96. The Hall–Kier alpha value is -1.11. The minimum absolute atomic E-state index is 0.235. The quantitative estimate of drug-likeness (QED) is 0.706. The molecule has 2 atom stereocenters. The van der Waals surface area contributed by atoms with Crippen molar-refractivity contribution in [3.8, 4) is 5.75 Å². The normalized spacial score (nSPS) is 24.6. The molecule has 0 bridgehead atoms. The van der Waals surface area contributed by atoms with E-state index in [0.717, 1.165) is 30.9 Å². The third-order valence-corrected chi connectivity index (χ3v) is 7.50. The van der Waals surface area contributed by atoms with Gasteiger partial charge in [0.25, 0.3) is 0 Å². The molecule has 1 aromatic carbocycles. The Morgan fingerprint density at radius 3 is 2.30 bits per heavy atom. The zero-order valence-electron chi connectivity index (χ0n) is 17.4. The Morgan fingerprint density at radius 2 is 1.81 bits per heavy atom. The van der Waals surface area contributed by atoms with Crippen molar-refractivity contribution in [3.05, 3.63) is 29.8 Å². The van der Waals surface area contributed by atoms with Crippen LogP contribution >= 0.6 is 0 Å². The van der Waals surface area contributed by atoms with E-state index >= 15 is 0 Å². The van der Waals surface area contributed by atoms with E-state index in [1.165, 1.54) is 12.7 Å². The molecule has 2 saturated heterocycles. The Kier molecular flexibility index (Phi) is 7.72. The van der Waals surface area contributed by atoms with Crippen LogP contribution < -0.4 is 4.74 Å². The second-order valence-electron chi connectivity index (χ2n) is 7.59. The van der Waals surface area contributed by atoms with E-state index in [1.807, 2.05) is 38.1 Å². The summed E-state index contributed by atoms with van der Waals surface area (Å²) in [5.41, 5.74) is 0.789. The molecule has 1 aromatic rings. The van der Waals surface area contributed by atoms with Crippen molar-refractivity contribution in [1.82, 2.24) is 4.90 Å². The first kappa shape index (κ1) is 22.2. The summed E-state index contributed by atoms with van der Waals surface area (Å²) in [6, 6.07) is 7.48. The van der Waals surface area contributed by atoms with Gasteiger partial charge < -0.3 is 14.4 Å². The number of likely N-dealkylation sites (tertiary alicyclic amines) is 1. The van der Waals surface area contributed by atoms with Crippen LogP contribution in [0.4, 0.5) is 0 Å². The zero-order chi connectivity index (χ0) is 20.1. The predicted molar refractivity (Wildman–Crippen MR) is 110 cm³/mol. The van der Waals surface area contributed by atoms with Gasteiger partial charge in [0.15, 0.2) is 9.84 Å². The van der Waals surface area contributed by atoms with Crippen LogP contribution in [0.1, 0.15) is 39.7 Å². The zero-order valence-corrected chi connectivity index (χ0v) is 18.2. The lowest BCUT2D eigenvalue weighted by Crippen LogP contribution is -2.52. The number of nitrogens with zero attached hydrogens (tertiary/aromatic N) is 1. The van der Waals surface area contributed by atoms with Crippen LogP contribution in [-0.4, -0.2) is 59.0 Å². The Bertz CT molecular complexity index is 683. The van der Waals surface area contributed by atoms with Crippen molar-refractivity contribution in [2.45, 2.75) is 38.9 Å². The van der Waals surface area contributed by atoms with E-state index < -0.39 is 14.6 Å². The van der Waals surface area contributed by atoms with E-state index in [2.05, 4.69) is 18.7 Å². The van der Waals surface area contributed by atoms with E-state index in [9.17, 15) is 8.42 Å². The first-order chi connectivity index (χ1) is 12.9. The molecule has 3 rings (SSSR count). The molecule has 0 saturated carbocycles. The van der Waals surface area contributed by atoms with Crippen molar-refractivity contribution < 1.29 is 17.9 Å². The van der Waals surface area contributed by atoms with Gasteiger partial charge in [0, 0.05) is 25.3 Å². The van der Waals surface area contributed by atoms with Gasteiger partial charge in [-0.2, -0.15) is 0 Å². The highest BCUT2D eigenvalue weighted by Crippen LogP contribution is 2.38. The van der Waals surface area contributed by atoms with Gasteiger partial charge in [-0.15, -0.1) is 0 Å². The summed E-state index contributed by atoms with van der Waals surface area (Å²) in [6.45, 7) is 13.1. The SMILES string of the molecule is CC.CCCN1CC(C)C(COc2ccc(C3(S(C)(=O)=O)COC3)cc2)C1. The maximum atomic E-state index is 12.1. The topological polar surface area (TPSA) is 55.8 Å². The molecule has 2 unspecified atom stereocenters. The lowest BCUT2D eigenvalue weighted by molar-refractivity contribution is -0.0156. The van der Waals surface area contributed by atoms with E-state index in [1.54, 1.807) is 0 Å². The Balaban J connectivity index is 0.00000126. The van der Waals surface area contributed by atoms with Gasteiger partial charge in [-0.25, -0.2) is 8.42 Å². The fourth-order valence-corrected chi connectivity index (χ4v) is 4.96. The van der Waals surface area contributed by atoms with Crippen LogP contribution in [0.15, 0.2) is 24.3 Å². The molecule has 5 nitrogen and oxygen atoms in total. The van der Waals surface area contributed by atoms with Gasteiger partial charge in [0.1, 0.15) is 10.5 Å². The first-order valence-electron chi connectivity index (χ1n) is 10.1. The second-order valence-corrected chi connectivity index (χ2v) is 9.92. The Labute approximate surface area is 165 Å². The number of benzene rings is 1. The summed E-state index contributed by atoms with van der Waals surface area (Å²) in [6.07, 6.45) is 2.47. The number of ether oxygens (including phenoxy) is 2. The molecule has 0 aromatic heterocycles. The Morgan fingerprint density at radius 1 is 1.19 bits per heavy atom. The molecule has 2 aliphatic heterocycles. The van der Waals surface area contributed by atoms with Gasteiger partial charge in [-0.05, 0) is 36.6 Å². The van der Waals surface area contributed by atoms with E-state index in [-0.39, 0.29) is 13.2 Å². The number of rotatable bonds is 7. The minimum atomic E-state index is -3.21. The van der Waals surface area contributed by atoms with Crippen LogP contribution in [0.3, 0.4) is 0 Å². The highest BCUT2D eigenvalue weighted by Gasteiger charge is 2.49. The third-order valence-electron chi connectivity index (χ3n) is 5.61. The first-order valence-corrected chi connectivity index (χ1v) is 12.0. The average Bonchev–Trinajstić information content (AvgIpc) is 2.93. The molecule has 2 heterocycles. The highest BCUT2D eigenvalue weighted by atomic mass is 32.2. The predicted octanol–water partition coefficient (Wildman–Crippen LogP) is 3.34. The smallest absolute Gasteiger partial charge is 0.161 e. The van der Waals surface area contributed by atoms with Crippen molar-refractivity contribution in [2.75, 3.05) is 45.7 Å². The highest BCUT2D eigenvalue weighted by molar-refractivity contribution is 7.91. The summed E-state index contributed by atoms with van der Waals surface area (Å²) in [5, 5.41) is 0. The lowest BCUT2D eigenvalue weighted by Gasteiger charge is -2.39. The fraction of sp³-hybridized carbons (Fsp3) is 0.714. The monoisotopic (exact) mass is 397 g/mol. The van der Waals surface area contributed by atoms with Crippen molar-refractivity contribution in [3.63, 3.8) is 0 Å². The minimum Gasteiger partial charge on any atom is -0.493 e. The molecule has 0 spiro atoms. The van der Waals surface area contributed by atoms with Gasteiger partial charge in [-0.3, -0.25) is 0 Å². The molecule has 27 heavy (non-hydrogen) atoms. The molecule has 2 aliphatic rings. The van der Waals surface area contributed by atoms with Crippen molar-refractivity contribution in [1.29, 1.82) is 0 Å². The van der Waals surface area contributed by atoms with Crippen LogP contribution in [0.5, 0.6) is 5.75 Å². The summed E-state index contributed by atoms with van der Waals surface area (Å²) >= 11 is 0. The number of hydrogen-bond donors (Lipinski definition) is 0. The average molecular weight is 398 g/mol.